The van der Waals surface area contributed by atoms with Crippen molar-refractivity contribution in [1.29, 1.82) is 0 Å². The Morgan fingerprint density at radius 1 is 1.25 bits per heavy atom. The number of nitrogens with zero attached hydrogens (tertiary/aromatic N) is 3. The van der Waals surface area contributed by atoms with Crippen LogP contribution in [0.5, 0.6) is 0 Å². The van der Waals surface area contributed by atoms with Crippen LogP contribution < -0.4 is 0 Å². The van der Waals surface area contributed by atoms with Crippen molar-refractivity contribution in [2.24, 2.45) is 5.41 Å². The van der Waals surface area contributed by atoms with Gasteiger partial charge >= 0.3 is 6.09 Å². The highest BCUT2D eigenvalue weighted by molar-refractivity contribution is 5.86. The zero-order valence-corrected chi connectivity index (χ0v) is 14.1. The smallest absolute Gasteiger partial charge is 0.408 e. The molecule has 0 aromatic heterocycles. The molecule has 3 rings (SSSR count). The summed E-state index contributed by atoms with van der Waals surface area (Å²) in [4.78, 5) is 28.1. The first-order valence-corrected chi connectivity index (χ1v) is 8.69. The molecule has 2 saturated heterocycles. The predicted molar refractivity (Wildman–Crippen MR) is 85.5 cm³/mol. The van der Waals surface area contributed by atoms with Crippen LogP contribution >= 0.6 is 0 Å². The van der Waals surface area contributed by atoms with E-state index in [-0.39, 0.29) is 30.5 Å². The number of β-amino-alcohol motifs (C(OH)–C–C–N with tert-alkyl or cyclic N) is 2. The van der Waals surface area contributed by atoms with Gasteiger partial charge in [0.05, 0.1) is 12.2 Å². The molecule has 0 radical (unpaired) electrons. The Labute approximate surface area is 141 Å². The normalized spacial score (nSPS) is 31.4. The summed E-state index contributed by atoms with van der Waals surface area (Å²) >= 11 is 0. The average Bonchev–Trinajstić information content (AvgIpc) is 3.29. The standard InChI is InChI=1S/C16H27N3O5/c1-11-14(22)18(6-7-19(11)15(23)24)9-12(20)8-17-5-4-16(2-3-16)13(21)10-17/h11-13,20-21H,2-10H2,1H3,(H,23,24)/t11-,12+,13+/m0/s1. The van der Waals surface area contributed by atoms with Crippen LogP contribution in [0.3, 0.4) is 0 Å². The number of likely N-dealkylation sites (tertiary alicyclic amines) is 1. The Bertz CT molecular complexity index is 510. The lowest BCUT2D eigenvalue weighted by Gasteiger charge is -2.40. The molecule has 3 aliphatic rings. The maximum absolute atomic E-state index is 12.3. The largest absolute Gasteiger partial charge is 0.465 e. The third kappa shape index (κ3) is 3.36. The number of hydrogen-bond acceptors (Lipinski definition) is 5. The molecule has 2 aliphatic heterocycles. The fourth-order valence-corrected chi connectivity index (χ4v) is 3.97. The lowest BCUT2D eigenvalue weighted by atomic mass is 9.90. The molecule has 24 heavy (non-hydrogen) atoms. The van der Waals surface area contributed by atoms with E-state index in [1.54, 1.807) is 6.92 Å². The molecule has 0 aromatic carbocycles. The first-order chi connectivity index (χ1) is 11.3. The van der Waals surface area contributed by atoms with E-state index in [0.717, 1.165) is 30.7 Å². The summed E-state index contributed by atoms with van der Waals surface area (Å²) in [5.41, 5.74) is 0.139. The number of piperidine rings is 1. The maximum Gasteiger partial charge on any atom is 0.408 e. The summed E-state index contributed by atoms with van der Waals surface area (Å²) < 4.78 is 0. The van der Waals surface area contributed by atoms with Gasteiger partial charge in [-0.2, -0.15) is 0 Å². The fourth-order valence-electron chi connectivity index (χ4n) is 3.97. The number of rotatable bonds is 4. The lowest BCUT2D eigenvalue weighted by Crippen LogP contribution is -2.59. The molecule has 1 spiro atoms. The highest BCUT2D eigenvalue weighted by Gasteiger charge is 2.51. The molecule has 3 atom stereocenters. The Hall–Kier alpha value is -1.38. The van der Waals surface area contributed by atoms with E-state index in [2.05, 4.69) is 4.90 Å². The van der Waals surface area contributed by atoms with Crippen molar-refractivity contribution in [1.82, 2.24) is 14.7 Å². The van der Waals surface area contributed by atoms with Crippen LogP contribution in [-0.4, -0.2) is 99.5 Å². The topological polar surface area (TPSA) is 105 Å². The molecule has 0 aromatic rings. The van der Waals surface area contributed by atoms with Gasteiger partial charge in [0.25, 0.3) is 0 Å². The first-order valence-electron chi connectivity index (χ1n) is 8.69. The molecule has 3 fully saturated rings. The summed E-state index contributed by atoms with van der Waals surface area (Å²) in [7, 11) is 0. The van der Waals surface area contributed by atoms with Crippen molar-refractivity contribution in [2.45, 2.75) is 44.4 Å². The average molecular weight is 341 g/mol. The monoisotopic (exact) mass is 341 g/mol. The van der Waals surface area contributed by atoms with Gasteiger partial charge in [0.2, 0.25) is 5.91 Å². The SMILES string of the molecule is C[C@H]1C(=O)N(C[C@H](O)CN2CCC3(CC3)[C@H](O)C2)CCN1C(=O)O. The molecule has 2 heterocycles. The van der Waals surface area contributed by atoms with Gasteiger partial charge in [0.1, 0.15) is 6.04 Å². The van der Waals surface area contributed by atoms with E-state index in [1.807, 2.05) is 0 Å². The lowest BCUT2D eigenvalue weighted by molar-refractivity contribution is -0.141. The summed E-state index contributed by atoms with van der Waals surface area (Å²) in [6, 6.07) is -0.713. The number of aliphatic hydroxyl groups is 2. The van der Waals surface area contributed by atoms with Gasteiger partial charge in [0, 0.05) is 32.7 Å². The number of carbonyl (C=O) groups excluding carboxylic acids is 1. The van der Waals surface area contributed by atoms with Crippen molar-refractivity contribution in [3.8, 4) is 0 Å². The zero-order valence-electron chi connectivity index (χ0n) is 14.1. The quantitative estimate of drug-likeness (QED) is 0.631. The van der Waals surface area contributed by atoms with Gasteiger partial charge < -0.3 is 20.2 Å². The number of hydrogen-bond donors (Lipinski definition) is 3. The van der Waals surface area contributed by atoms with Gasteiger partial charge in [-0.3, -0.25) is 14.6 Å². The number of amides is 2. The molecule has 3 N–H and O–H groups in total. The van der Waals surface area contributed by atoms with E-state index in [0.29, 0.717) is 19.6 Å². The third-order valence-corrected chi connectivity index (χ3v) is 5.85. The van der Waals surface area contributed by atoms with E-state index in [9.17, 15) is 19.8 Å². The molecule has 8 nitrogen and oxygen atoms in total. The summed E-state index contributed by atoms with van der Waals surface area (Å²) in [6.07, 6.45) is 1.06. The van der Waals surface area contributed by atoms with Crippen LogP contribution in [-0.2, 0) is 4.79 Å². The first kappa shape index (κ1) is 17.4. The summed E-state index contributed by atoms with van der Waals surface area (Å²) in [5.74, 6) is -0.265. The number of carboxylic acid groups (broad SMARTS) is 1. The number of piperazine rings is 1. The number of aliphatic hydroxyl groups excluding tert-OH is 2. The van der Waals surface area contributed by atoms with Crippen molar-refractivity contribution < 1.29 is 24.9 Å². The van der Waals surface area contributed by atoms with Crippen LogP contribution in [0.1, 0.15) is 26.2 Å². The van der Waals surface area contributed by atoms with Crippen molar-refractivity contribution in [3.05, 3.63) is 0 Å². The predicted octanol–water partition coefficient (Wildman–Crippen LogP) is -0.595. The van der Waals surface area contributed by atoms with Crippen LogP contribution in [0, 0.1) is 5.41 Å². The van der Waals surface area contributed by atoms with Crippen LogP contribution in [0.25, 0.3) is 0 Å². The highest BCUT2D eigenvalue weighted by Crippen LogP contribution is 2.53. The maximum atomic E-state index is 12.3. The molecule has 8 heteroatoms. The van der Waals surface area contributed by atoms with Crippen LogP contribution in [0.2, 0.25) is 0 Å². The van der Waals surface area contributed by atoms with Gasteiger partial charge in [-0.15, -0.1) is 0 Å². The Balaban J connectivity index is 1.47. The highest BCUT2D eigenvalue weighted by atomic mass is 16.4. The molecule has 2 amide bonds. The van der Waals surface area contributed by atoms with Crippen LogP contribution in [0.4, 0.5) is 4.79 Å². The minimum absolute atomic E-state index is 0.139. The van der Waals surface area contributed by atoms with E-state index < -0.39 is 18.2 Å². The van der Waals surface area contributed by atoms with E-state index >= 15 is 0 Å². The van der Waals surface area contributed by atoms with Crippen molar-refractivity contribution in [2.75, 3.05) is 39.3 Å². The molecule has 0 unspecified atom stereocenters. The van der Waals surface area contributed by atoms with E-state index in [4.69, 9.17) is 5.11 Å². The number of carbonyl (C=O) groups is 2. The molecular weight excluding hydrogens is 314 g/mol. The van der Waals surface area contributed by atoms with Gasteiger partial charge in [0.15, 0.2) is 0 Å². The molecule has 0 bridgehead atoms. The second kappa shape index (κ2) is 6.50. The Morgan fingerprint density at radius 3 is 2.54 bits per heavy atom. The molecule has 1 aliphatic carbocycles. The Kier molecular flexibility index (Phi) is 4.72. The summed E-state index contributed by atoms with van der Waals surface area (Å²) in [5, 5.41) is 29.6. The van der Waals surface area contributed by atoms with Gasteiger partial charge in [-0.1, -0.05) is 0 Å². The molecule has 1 saturated carbocycles. The minimum Gasteiger partial charge on any atom is -0.465 e. The second-order valence-electron chi connectivity index (χ2n) is 7.48. The molecular formula is C16H27N3O5. The Morgan fingerprint density at radius 2 is 1.96 bits per heavy atom. The minimum atomic E-state index is -1.09. The van der Waals surface area contributed by atoms with E-state index in [1.165, 1.54) is 4.90 Å². The van der Waals surface area contributed by atoms with Gasteiger partial charge in [-0.05, 0) is 38.1 Å². The van der Waals surface area contributed by atoms with Crippen molar-refractivity contribution >= 4 is 12.0 Å². The second-order valence-corrected chi connectivity index (χ2v) is 7.48. The summed E-state index contributed by atoms with van der Waals surface area (Å²) in [6.45, 7) is 4.21. The van der Waals surface area contributed by atoms with Gasteiger partial charge in [-0.25, -0.2) is 4.79 Å². The molecule has 136 valence electrons. The third-order valence-electron chi connectivity index (χ3n) is 5.85. The zero-order chi connectivity index (χ0) is 17.5. The fraction of sp³-hybridized carbons (Fsp3) is 0.875. The van der Waals surface area contributed by atoms with Crippen molar-refractivity contribution in [3.63, 3.8) is 0 Å². The van der Waals surface area contributed by atoms with Crippen LogP contribution in [0.15, 0.2) is 0 Å².